The maximum Gasteiger partial charge on any atom is 0.352 e. The van der Waals surface area contributed by atoms with Crippen LogP contribution in [0, 0.1) is 0 Å². The molecule has 44 heavy (non-hydrogen) atoms. The minimum absolute atomic E-state index is 0.0343. The maximum atomic E-state index is 13.3. The molecule has 0 unspecified atom stereocenters. The number of anilines is 2. The third-order valence-corrected chi connectivity index (χ3v) is 7.85. The molecule has 3 aliphatic heterocycles. The van der Waals surface area contributed by atoms with E-state index in [4.69, 9.17) is 11.5 Å². The molecule has 5 heterocycles. The maximum absolute atomic E-state index is 13.3. The Kier molecular flexibility index (Phi) is 8.21. The van der Waals surface area contributed by atoms with Gasteiger partial charge in [0, 0.05) is 30.5 Å². The molecule has 6 N–H and O–H groups in total. The minimum Gasteiger partial charge on any atom is -0.477 e. The number of aliphatic carboxylic acids is 1. The summed E-state index contributed by atoms with van der Waals surface area (Å²) >= 11 is 1.03. The normalized spacial score (nSPS) is 20.8. The molecule has 0 saturated carbocycles. The highest BCUT2D eigenvalue weighted by Gasteiger charge is 2.53. The van der Waals surface area contributed by atoms with Gasteiger partial charge in [-0.05, 0) is 37.0 Å². The molecule has 2 saturated heterocycles. The van der Waals surface area contributed by atoms with Crippen LogP contribution in [0.5, 0.6) is 0 Å². The van der Waals surface area contributed by atoms with Gasteiger partial charge in [0.1, 0.15) is 23.1 Å². The molecule has 4 amide bonds. The quantitative estimate of drug-likeness (QED) is 0.0661. The lowest BCUT2D eigenvalue weighted by Crippen LogP contribution is -2.72. The second-order valence-corrected chi connectivity index (χ2v) is 11.0. The van der Waals surface area contributed by atoms with Crippen molar-refractivity contribution in [2.45, 2.75) is 44.8 Å². The zero-order valence-electron chi connectivity index (χ0n) is 23.3. The number of pyridine rings is 1. The van der Waals surface area contributed by atoms with E-state index in [1.54, 1.807) is 29.1 Å². The second kappa shape index (κ2) is 12.0. The van der Waals surface area contributed by atoms with Crippen LogP contribution in [0.15, 0.2) is 58.0 Å². The Hall–Kier alpha value is -5.45. The predicted molar refractivity (Wildman–Crippen MR) is 152 cm³/mol. The van der Waals surface area contributed by atoms with E-state index in [9.17, 15) is 33.9 Å². The predicted octanol–water partition coefficient (Wildman–Crippen LogP) is -1.04. The molecule has 0 aliphatic carbocycles. The van der Waals surface area contributed by atoms with Crippen LogP contribution in [0.2, 0.25) is 0 Å². The first-order valence-corrected chi connectivity index (χ1v) is 14.2. The Morgan fingerprint density at radius 1 is 1.30 bits per heavy atom. The average Bonchev–Trinajstić information content (AvgIpc) is 3.56. The van der Waals surface area contributed by atoms with E-state index >= 15 is 0 Å². The van der Waals surface area contributed by atoms with Gasteiger partial charge in [0.25, 0.3) is 23.6 Å². The van der Waals surface area contributed by atoms with E-state index in [0.717, 1.165) is 23.2 Å². The van der Waals surface area contributed by atoms with Gasteiger partial charge in [0.2, 0.25) is 6.54 Å². The lowest BCUT2D eigenvalue weighted by Gasteiger charge is -2.50. The molecule has 17 heteroatoms. The molecule has 16 nitrogen and oxygen atoms in total. The first kappa shape index (κ1) is 30.0. The third kappa shape index (κ3) is 5.89. The van der Waals surface area contributed by atoms with Crippen molar-refractivity contribution < 1.29 is 43.3 Å². The summed E-state index contributed by atoms with van der Waals surface area (Å²) < 4.78 is 1.56. The van der Waals surface area contributed by atoms with Crippen molar-refractivity contribution in [3.8, 4) is 0 Å². The minimum atomic E-state index is -1.35. The number of carboxylic acid groups (broad SMARTS) is 1. The number of thiazole rings is 1. The standard InChI is InChI=1S/C27H26N8O8S/c1-13(36)43-32-20(17-12-44-27(29)30-17)23(38)31-21-18-5-4-14(22(26(41)42)35(18)25(21)40)9-15-6-8-34(24(15)39)16-3-2-7-33(10-16)11-19(28)37/h2-3,7,9-10,12,18,21H,4-6,8,11H2,1H3,(H5-,28,29,30,31,37,38,41,42)/p+1/b15-9+,32-20-/t18-,21+/m1/s1. The number of aromatic nitrogens is 2. The zero-order valence-corrected chi connectivity index (χ0v) is 24.1. The largest absolute Gasteiger partial charge is 0.477 e. The lowest BCUT2D eigenvalue weighted by atomic mass is 9.82. The van der Waals surface area contributed by atoms with Gasteiger partial charge < -0.3 is 31.6 Å². The van der Waals surface area contributed by atoms with Gasteiger partial charge >= 0.3 is 11.9 Å². The third-order valence-electron chi connectivity index (χ3n) is 7.17. The Morgan fingerprint density at radius 3 is 2.73 bits per heavy atom. The highest BCUT2D eigenvalue weighted by Crippen LogP contribution is 2.38. The Bertz CT molecular complexity index is 1700. The number of fused-ring (bicyclic) bond motifs is 1. The van der Waals surface area contributed by atoms with Crippen LogP contribution in [0.1, 0.15) is 31.9 Å². The monoisotopic (exact) mass is 623 g/mol. The summed E-state index contributed by atoms with van der Waals surface area (Å²) in [5.74, 6) is -4.53. The molecule has 3 aliphatic rings. The van der Waals surface area contributed by atoms with Gasteiger partial charge in [-0.2, -0.15) is 4.57 Å². The molecule has 2 aromatic heterocycles. The van der Waals surface area contributed by atoms with Crippen molar-refractivity contribution in [3.63, 3.8) is 0 Å². The molecule has 0 bridgehead atoms. The number of carbonyl (C=O) groups excluding carboxylic acids is 5. The van der Waals surface area contributed by atoms with E-state index in [1.165, 1.54) is 16.4 Å². The fraction of sp³-hybridized carbons (Fsp3) is 0.296. The summed E-state index contributed by atoms with van der Waals surface area (Å²) in [4.78, 5) is 85.7. The van der Waals surface area contributed by atoms with Gasteiger partial charge in [-0.15, -0.1) is 11.3 Å². The summed E-state index contributed by atoms with van der Waals surface area (Å²) in [5.41, 5.74) is 11.5. The van der Waals surface area contributed by atoms with E-state index in [-0.39, 0.29) is 41.1 Å². The zero-order chi connectivity index (χ0) is 31.7. The number of amides is 4. The van der Waals surface area contributed by atoms with E-state index in [2.05, 4.69) is 20.3 Å². The fourth-order valence-corrected chi connectivity index (χ4v) is 5.85. The SMILES string of the molecule is CC(=O)O/N=C(\C(=O)N[C@@H]1C(=O)N2C(C(=O)O)=C(/C=C3\CCN(c4ccc[n+](CC(N)=O)c4)C3=O)CC[C@H]12)c1csc(N)n1. The van der Waals surface area contributed by atoms with Gasteiger partial charge in [-0.3, -0.25) is 24.1 Å². The van der Waals surface area contributed by atoms with Gasteiger partial charge in [0.05, 0.1) is 6.04 Å². The van der Waals surface area contributed by atoms with Crippen molar-refractivity contribution in [2.24, 2.45) is 10.9 Å². The summed E-state index contributed by atoms with van der Waals surface area (Å²) in [6.07, 6.45) is 5.64. The number of hydrogen-bond donors (Lipinski definition) is 4. The van der Waals surface area contributed by atoms with E-state index in [0.29, 0.717) is 36.2 Å². The molecular formula is C27H27N8O8S+. The Morgan fingerprint density at radius 2 is 2.07 bits per heavy atom. The van der Waals surface area contributed by atoms with Crippen molar-refractivity contribution in [1.29, 1.82) is 0 Å². The van der Waals surface area contributed by atoms with Gasteiger partial charge in [-0.1, -0.05) is 5.16 Å². The topological polar surface area (TPSA) is 232 Å². The number of β-lactam (4-membered cyclic amide) rings is 1. The van der Waals surface area contributed by atoms with Crippen molar-refractivity contribution >= 4 is 63.4 Å². The number of nitrogens with zero attached hydrogens (tertiary/aromatic N) is 5. The molecule has 2 atom stereocenters. The first-order chi connectivity index (χ1) is 20.9. The molecule has 228 valence electrons. The molecular weight excluding hydrogens is 596 g/mol. The van der Waals surface area contributed by atoms with Crippen molar-refractivity contribution in [1.82, 2.24) is 15.2 Å². The smallest absolute Gasteiger partial charge is 0.352 e. The summed E-state index contributed by atoms with van der Waals surface area (Å²) in [6, 6.07) is 1.65. The molecule has 0 radical (unpaired) electrons. The molecule has 0 aromatic carbocycles. The van der Waals surface area contributed by atoms with Crippen molar-refractivity contribution in [3.05, 3.63) is 58.5 Å². The number of nitrogen functional groups attached to an aromatic ring is 1. The summed E-state index contributed by atoms with van der Waals surface area (Å²) in [6.45, 7) is 1.37. The number of allylic oxidation sites excluding steroid dienone is 2. The van der Waals surface area contributed by atoms with Crippen LogP contribution in [-0.4, -0.2) is 74.9 Å². The number of oxime groups is 1. The van der Waals surface area contributed by atoms with E-state index in [1.807, 2.05) is 0 Å². The molecule has 2 aromatic rings. The van der Waals surface area contributed by atoms with Gasteiger partial charge in [0.15, 0.2) is 23.2 Å². The Balaban J connectivity index is 1.34. The molecule has 0 spiro atoms. The number of hydrogen-bond acceptors (Lipinski definition) is 11. The summed E-state index contributed by atoms with van der Waals surface area (Å²) in [5, 5.41) is 17.7. The lowest BCUT2D eigenvalue weighted by molar-refractivity contribution is -0.683. The van der Waals surface area contributed by atoms with Crippen LogP contribution >= 0.6 is 11.3 Å². The summed E-state index contributed by atoms with van der Waals surface area (Å²) in [7, 11) is 0. The second-order valence-electron chi connectivity index (χ2n) is 10.1. The molecule has 5 rings (SSSR count). The average molecular weight is 624 g/mol. The van der Waals surface area contributed by atoms with Crippen LogP contribution in [0.4, 0.5) is 10.8 Å². The molecule has 2 fully saturated rings. The number of carboxylic acids is 1. The Labute approximate surface area is 253 Å². The van der Waals surface area contributed by atoms with E-state index < -0.39 is 41.7 Å². The van der Waals surface area contributed by atoms with Crippen LogP contribution in [0.25, 0.3) is 0 Å². The number of rotatable bonds is 9. The highest BCUT2D eigenvalue weighted by atomic mass is 32.1. The van der Waals surface area contributed by atoms with Crippen LogP contribution in [0.3, 0.4) is 0 Å². The van der Waals surface area contributed by atoms with Crippen LogP contribution in [-0.2, 0) is 40.1 Å². The first-order valence-electron chi connectivity index (χ1n) is 13.3. The number of primary amides is 1. The highest BCUT2D eigenvalue weighted by molar-refractivity contribution is 7.13. The fourth-order valence-electron chi connectivity index (χ4n) is 5.30. The number of nitrogens with one attached hydrogen (secondary N) is 1. The van der Waals surface area contributed by atoms with Crippen molar-refractivity contribution in [2.75, 3.05) is 17.2 Å². The number of carbonyl (C=O) groups is 6. The van der Waals surface area contributed by atoms with Crippen LogP contribution < -0.4 is 26.3 Å². The number of nitrogens with two attached hydrogens (primary N) is 2. The van der Waals surface area contributed by atoms with Gasteiger partial charge in [-0.25, -0.2) is 14.6 Å².